The molecule has 1 aromatic heterocycles. The van der Waals surface area contributed by atoms with Gasteiger partial charge in [-0.15, -0.1) is 0 Å². The van der Waals surface area contributed by atoms with Crippen LogP contribution in [0.25, 0.3) is 0 Å². The molecule has 0 fully saturated rings. The van der Waals surface area contributed by atoms with Crippen LogP contribution in [0.4, 0.5) is 0 Å². The Kier molecular flexibility index (Phi) is 3.19. The Morgan fingerprint density at radius 1 is 1.54 bits per heavy atom. The molecule has 0 saturated heterocycles. The molecule has 0 atom stereocenters. The fourth-order valence-electron chi connectivity index (χ4n) is 1.05. The molecule has 0 aliphatic carbocycles. The van der Waals surface area contributed by atoms with Crippen LogP contribution >= 0.6 is 0 Å². The fourth-order valence-corrected chi connectivity index (χ4v) is 1.05. The summed E-state index contributed by atoms with van der Waals surface area (Å²) in [6, 6.07) is 2.97. The Morgan fingerprint density at radius 2 is 2.23 bits per heavy atom. The van der Waals surface area contributed by atoms with Gasteiger partial charge in [0.2, 0.25) is 0 Å². The number of hydrogen-bond donors (Lipinski definition) is 1. The quantitative estimate of drug-likeness (QED) is 0.735. The Morgan fingerprint density at radius 3 is 2.77 bits per heavy atom. The molecule has 0 aliphatic heterocycles. The summed E-state index contributed by atoms with van der Waals surface area (Å²) >= 11 is 0. The smallest absolute Gasteiger partial charge is 0.266 e. The van der Waals surface area contributed by atoms with E-state index in [1.54, 1.807) is 6.07 Å². The molecule has 0 bridgehead atoms. The molecule has 0 spiro atoms. The van der Waals surface area contributed by atoms with Crippen molar-refractivity contribution >= 4 is 0 Å². The minimum Gasteiger partial charge on any atom is -0.390 e. The van der Waals surface area contributed by atoms with E-state index in [1.807, 2.05) is 13.8 Å². The third kappa shape index (κ3) is 2.66. The minimum absolute atomic E-state index is 0.120. The summed E-state index contributed by atoms with van der Waals surface area (Å²) in [5.41, 5.74) is 0.408. The van der Waals surface area contributed by atoms with Crippen molar-refractivity contribution in [3.63, 3.8) is 0 Å². The molecule has 0 saturated carbocycles. The van der Waals surface area contributed by atoms with Crippen LogP contribution in [0.3, 0.4) is 0 Å². The van der Waals surface area contributed by atoms with Crippen molar-refractivity contribution < 1.29 is 5.11 Å². The predicted octanol–water partition coefficient (Wildman–Crippen LogP) is 0.392. The first-order valence-electron chi connectivity index (χ1n) is 4.31. The molecule has 0 aliphatic rings. The Balaban J connectivity index is 2.97. The minimum atomic E-state index is -0.127. The van der Waals surface area contributed by atoms with Crippen LogP contribution in [0, 0.1) is 5.92 Å². The number of nitrogens with zero attached hydrogens (tertiary/aromatic N) is 2. The van der Waals surface area contributed by atoms with E-state index < -0.39 is 0 Å². The summed E-state index contributed by atoms with van der Waals surface area (Å²) in [7, 11) is 0. The van der Waals surface area contributed by atoms with E-state index in [0.29, 0.717) is 18.2 Å². The molecule has 4 heteroatoms. The molecule has 0 aromatic carbocycles. The highest BCUT2D eigenvalue weighted by Gasteiger charge is 2.01. The fraction of sp³-hybridized carbons (Fsp3) is 0.556. The van der Waals surface area contributed by atoms with Crippen molar-refractivity contribution in [1.82, 2.24) is 9.78 Å². The molecule has 72 valence electrons. The lowest BCUT2D eigenvalue weighted by atomic mass is 10.2. The summed E-state index contributed by atoms with van der Waals surface area (Å²) < 4.78 is 1.39. The van der Waals surface area contributed by atoms with E-state index >= 15 is 0 Å². The monoisotopic (exact) mass is 182 g/mol. The molecule has 0 radical (unpaired) electrons. The van der Waals surface area contributed by atoms with Crippen molar-refractivity contribution in [3.05, 3.63) is 28.2 Å². The van der Waals surface area contributed by atoms with Gasteiger partial charge in [0.05, 0.1) is 12.3 Å². The first kappa shape index (κ1) is 9.92. The molecule has 4 nitrogen and oxygen atoms in total. The molecule has 1 heterocycles. The number of hydrogen-bond acceptors (Lipinski definition) is 3. The number of aliphatic hydroxyl groups is 1. The van der Waals surface area contributed by atoms with Crippen molar-refractivity contribution in [2.45, 2.75) is 27.0 Å². The zero-order valence-corrected chi connectivity index (χ0v) is 7.90. The highest BCUT2D eigenvalue weighted by molar-refractivity contribution is 4.98. The van der Waals surface area contributed by atoms with E-state index in [9.17, 15) is 4.79 Å². The Labute approximate surface area is 76.8 Å². The van der Waals surface area contributed by atoms with Gasteiger partial charge < -0.3 is 5.11 Å². The predicted molar refractivity (Wildman–Crippen MR) is 49.3 cm³/mol. The van der Waals surface area contributed by atoms with Crippen molar-refractivity contribution in [1.29, 1.82) is 0 Å². The summed E-state index contributed by atoms with van der Waals surface area (Å²) in [4.78, 5) is 11.2. The van der Waals surface area contributed by atoms with Gasteiger partial charge >= 0.3 is 0 Å². The molecule has 1 N–H and O–H groups in total. The number of aliphatic hydroxyl groups excluding tert-OH is 1. The number of rotatable bonds is 3. The molecule has 0 amide bonds. The van der Waals surface area contributed by atoms with E-state index in [-0.39, 0.29) is 12.2 Å². The second kappa shape index (κ2) is 4.18. The Bertz CT molecular complexity index is 331. The van der Waals surface area contributed by atoms with E-state index in [2.05, 4.69) is 5.10 Å². The lowest BCUT2D eigenvalue weighted by Crippen LogP contribution is -2.25. The van der Waals surface area contributed by atoms with Crippen molar-refractivity contribution in [2.75, 3.05) is 0 Å². The van der Waals surface area contributed by atoms with Crippen LogP contribution < -0.4 is 5.56 Å². The van der Waals surface area contributed by atoms with Gasteiger partial charge in [-0.1, -0.05) is 13.8 Å². The van der Waals surface area contributed by atoms with Crippen molar-refractivity contribution in [3.8, 4) is 0 Å². The average Bonchev–Trinajstić information content (AvgIpc) is 2.08. The van der Waals surface area contributed by atoms with Gasteiger partial charge in [-0.2, -0.15) is 5.10 Å². The van der Waals surface area contributed by atoms with Gasteiger partial charge in [0.15, 0.2) is 0 Å². The highest BCUT2D eigenvalue weighted by atomic mass is 16.3. The van der Waals surface area contributed by atoms with Crippen LogP contribution in [0.1, 0.15) is 19.5 Å². The molecule has 1 aromatic rings. The lowest BCUT2D eigenvalue weighted by Gasteiger charge is -2.07. The van der Waals surface area contributed by atoms with Gasteiger partial charge in [0.1, 0.15) is 0 Å². The van der Waals surface area contributed by atoms with E-state index in [0.717, 1.165) is 0 Å². The van der Waals surface area contributed by atoms with Crippen LogP contribution in [-0.4, -0.2) is 14.9 Å². The summed E-state index contributed by atoms with van der Waals surface area (Å²) in [6.45, 7) is 4.49. The van der Waals surface area contributed by atoms with Crippen LogP contribution in [-0.2, 0) is 13.2 Å². The van der Waals surface area contributed by atoms with Crippen LogP contribution in [0.15, 0.2) is 16.9 Å². The van der Waals surface area contributed by atoms with Crippen LogP contribution in [0.5, 0.6) is 0 Å². The topological polar surface area (TPSA) is 55.1 Å². The van der Waals surface area contributed by atoms with E-state index in [1.165, 1.54) is 10.7 Å². The largest absolute Gasteiger partial charge is 0.390 e. The maximum atomic E-state index is 11.2. The van der Waals surface area contributed by atoms with Crippen molar-refractivity contribution in [2.24, 2.45) is 5.92 Å². The van der Waals surface area contributed by atoms with Gasteiger partial charge in [0.25, 0.3) is 5.56 Å². The SMILES string of the molecule is CC(C)Cn1nc(CO)ccc1=O. The molecule has 13 heavy (non-hydrogen) atoms. The highest BCUT2D eigenvalue weighted by Crippen LogP contribution is 1.95. The van der Waals surface area contributed by atoms with Crippen LogP contribution in [0.2, 0.25) is 0 Å². The first-order chi connectivity index (χ1) is 6.13. The maximum absolute atomic E-state index is 11.2. The molecular weight excluding hydrogens is 168 g/mol. The molecule has 1 rings (SSSR count). The van der Waals surface area contributed by atoms with Gasteiger partial charge in [-0.25, -0.2) is 4.68 Å². The summed E-state index contributed by atoms with van der Waals surface area (Å²) in [6.07, 6.45) is 0. The maximum Gasteiger partial charge on any atom is 0.266 e. The zero-order valence-electron chi connectivity index (χ0n) is 7.90. The van der Waals surface area contributed by atoms with Gasteiger partial charge in [0, 0.05) is 12.6 Å². The third-order valence-corrected chi connectivity index (χ3v) is 1.62. The normalized spacial score (nSPS) is 10.8. The molecular formula is C9H14N2O2. The molecule has 0 unspecified atom stereocenters. The third-order valence-electron chi connectivity index (χ3n) is 1.62. The standard InChI is InChI=1S/C9H14N2O2/c1-7(2)5-11-9(13)4-3-8(6-12)10-11/h3-4,7,12H,5-6H2,1-2H3. The lowest BCUT2D eigenvalue weighted by molar-refractivity contribution is 0.271. The average molecular weight is 182 g/mol. The first-order valence-corrected chi connectivity index (χ1v) is 4.31. The zero-order chi connectivity index (χ0) is 9.84. The second-order valence-electron chi connectivity index (χ2n) is 3.40. The van der Waals surface area contributed by atoms with Gasteiger partial charge in [-0.3, -0.25) is 4.79 Å². The second-order valence-corrected chi connectivity index (χ2v) is 3.40. The van der Waals surface area contributed by atoms with Gasteiger partial charge in [-0.05, 0) is 12.0 Å². The number of aromatic nitrogens is 2. The summed E-state index contributed by atoms with van der Waals surface area (Å²) in [5.74, 6) is 0.374. The van der Waals surface area contributed by atoms with E-state index in [4.69, 9.17) is 5.11 Å². The summed E-state index contributed by atoms with van der Waals surface area (Å²) in [5, 5.41) is 12.8. The Hall–Kier alpha value is -1.16.